The lowest BCUT2D eigenvalue weighted by Crippen LogP contribution is -2.12. The van der Waals surface area contributed by atoms with Gasteiger partial charge in [0.1, 0.15) is 5.75 Å². The molecule has 2 nitrogen and oxygen atoms in total. The van der Waals surface area contributed by atoms with E-state index in [0.29, 0.717) is 12.0 Å². The second kappa shape index (κ2) is 5.76. The van der Waals surface area contributed by atoms with Crippen molar-refractivity contribution in [2.24, 2.45) is 5.92 Å². The highest BCUT2D eigenvalue weighted by Gasteiger charge is 2.02. The van der Waals surface area contributed by atoms with Crippen molar-refractivity contribution in [3.63, 3.8) is 0 Å². The fourth-order valence-corrected chi connectivity index (χ4v) is 1.28. The van der Waals surface area contributed by atoms with Crippen LogP contribution < -0.4 is 10.1 Å². The van der Waals surface area contributed by atoms with Crippen molar-refractivity contribution in [3.05, 3.63) is 29.8 Å². The molecule has 0 saturated carbocycles. The summed E-state index contributed by atoms with van der Waals surface area (Å²) in [6.07, 6.45) is 0. The minimum atomic E-state index is 0.393. The van der Waals surface area contributed by atoms with Crippen LogP contribution in [0.5, 0.6) is 5.75 Å². The monoisotopic (exact) mass is 207 g/mol. The molecule has 0 spiro atoms. The van der Waals surface area contributed by atoms with Gasteiger partial charge in [-0.25, -0.2) is 0 Å². The summed E-state index contributed by atoms with van der Waals surface area (Å²) in [5.74, 6) is 1.52. The number of nitrogens with one attached hydrogen (secondary N) is 1. The molecular formula is C13H21NO. The minimum Gasteiger partial charge on any atom is -0.493 e. The zero-order valence-corrected chi connectivity index (χ0v) is 10.1. The molecule has 15 heavy (non-hydrogen) atoms. The van der Waals surface area contributed by atoms with Crippen LogP contribution in [0.1, 0.15) is 32.4 Å². The lowest BCUT2D eigenvalue weighted by atomic mass is 10.1. The number of hydrogen-bond acceptors (Lipinski definition) is 2. The van der Waals surface area contributed by atoms with Gasteiger partial charge in [-0.2, -0.15) is 0 Å². The molecule has 0 aliphatic heterocycles. The first-order chi connectivity index (χ1) is 7.13. The molecule has 0 radical (unpaired) electrons. The Balaban J connectivity index is 2.56. The van der Waals surface area contributed by atoms with Gasteiger partial charge in [0.2, 0.25) is 0 Å². The van der Waals surface area contributed by atoms with Crippen LogP contribution in [-0.2, 0) is 0 Å². The highest BCUT2D eigenvalue weighted by atomic mass is 16.5. The lowest BCUT2D eigenvalue weighted by Gasteiger charge is -2.12. The predicted molar refractivity (Wildman–Crippen MR) is 64.2 cm³/mol. The molecule has 0 aliphatic carbocycles. The molecule has 1 atom stereocenters. The van der Waals surface area contributed by atoms with E-state index in [9.17, 15) is 0 Å². The van der Waals surface area contributed by atoms with Crippen LogP contribution in [-0.4, -0.2) is 13.7 Å². The highest BCUT2D eigenvalue weighted by molar-refractivity contribution is 5.28. The largest absolute Gasteiger partial charge is 0.493 e. The smallest absolute Gasteiger partial charge is 0.119 e. The Morgan fingerprint density at radius 1 is 1.13 bits per heavy atom. The van der Waals surface area contributed by atoms with E-state index in [2.05, 4.69) is 38.2 Å². The van der Waals surface area contributed by atoms with E-state index in [1.807, 2.05) is 19.2 Å². The van der Waals surface area contributed by atoms with Gasteiger partial charge in [-0.1, -0.05) is 26.0 Å². The fraction of sp³-hybridized carbons (Fsp3) is 0.538. The molecule has 0 saturated heterocycles. The molecule has 0 fully saturated rings. The topological polar surface area (TPSA) is 21.3 Å². The molecule has 1 aromatic carbocycles. The summed E-state index contributed by atoms with van der Waals surface area (Å²) in [5.41, 5.74) is 1.29. The molecular weight excluding hydrogens is 186 g/mol. The van der Waals surface area contributed by atoms with E-state index in [1.54, 1.807) is 0 Å². The quantitative estimate of drug-likeness (QED) is 0.801. The fourth-order valence-electron chi connectivity index (χ4n) is 1.28. The molecule has 0 bridgehead atoms. The van der Waals surface area contributed by atoms with Gasteiger partial charge in [0.05, 0.1) is 6.61 Å². The average Bonchev–Trinajstić information content (AvgIpc) is 2.26. The normalized spacial score (nSPS) is 12.9. The minimum absolute atomic E-state index is 0.393. The number of benzene rings is 1. The molecule has 1 aromatic rings. The summed E-state index contributed by atoms with van der Waals surface area (Å²) in [4.78, 5) is 0. The van der Waals surface area contributed by atoms with Crippen molar-refractivity contribution in [3.8, 4) is 5.75 Å². The molecule has 0 aromatic heterocycles. The van der Waals surface area contributed by atoms with Crippen LogP contribution in [0, 0.1) is 5.92 Å². The summed E-state index contributed by atoms with van der Waals surface area (Å²) in [6, 6.07) is 8.68. The van der Waals surface area contributed by atoms with Crippen LogP contribution in [0.4, 0.5) is 0 Å². The molecule has 2 heteroatoms. The van der Waals surface area contributed by atoms with Crippen molar-refractivity contribution < 1.29 is 4.74 Å². The van der Waals surface area contributed by atoms with Gasteiger partial charge in [-0.05, 0) is 37.6 Å². The Bertz CT molecular complexity index is 279. The van der Waals surface area contributed by atoms with E-state index in [0.717, 1.165) is 12.4 Å². The highest BCUT2D eigenvalue weighted by Crippen LogP contribution is 2.17. The van der Waals surface area contributed by atoms with Crippen molar-refractivity contribution >= 4 is 0 Å². The van der Waals surface area contributed by atoms with E-state index >= 15 is 0 Å². The van der Waals surface area contributed by atoms with Gasteiger partial charge < -0.3 is 10.1 Å². The maximum atomic E-state index is 5.62. The van der Waals surface area contributed by atoms with E-state index < -0.39 is 0 Å². The van der Waals surface area contributed by atoms with Gasteiger partial charge >= 0.3 is 0 Å². The van der Waals surface area contributed by atoms with E-state index in [1.165, 1.54) is 5.56 Å². The number of ether oxygens (including phenoxy) is 1. The second-order valence-electron chi connectivity index (χ2n) is 4.28. The van der Waals surface area contributed by atoms with Gasteiger partial charge in [-0.15, -0.1) is 0 Å². The number of hydrogen-bond donors (Lipinski definition) is 1. The predicted octanol–water partition coefficient (Wildman–Crippen LogP) is 3.00. The van der Waals surface area contributed by atoms with Gasteiger partial charge in [-0.3, -0.25) is 0 Å². The van der Waals surface area contributed by atoms with E-state index in [4.69, 9.17) is 4.74 Å². The second-order valence-corrected chi connectivity index (χ2v) is 4.28. The summed E-state index contributed by atoms with van der Waals surface area (Å²) < 4.78 is 5.62. The van der Waals surface area contributed by atoms with Crippen LogP contribution >= 0.6 is 0 Å². The summed E-state index contributed by atoms with van der Waals surface area (Å²) >= 11 is 0. The molecule has 84 valence electrons. The van der Waals surface area contributed by atoms with Gasteiger partial charge in [0, 0.05) is 6.04 Å². The Hall–Kier alpha value is -1.02. The molecule has 1 rings (SSSR count). The lowest BCUT2D eigenvalue weighted by molar-refractivity contribution is 0.271. The first-order valence-corrected chi connectivity index (χ1v) is 5.53. The van der Waals surface area contributed by atoms with Crippen LogP contribution in [0.2, 0.25) is 0 Å². The van der Waals surface area contributed by atoms with Crippen LogP contribution in [0.15, 0.2) is 24.3 Å². The molecule has 0 heterocycles. The van der Waals surface area contributed by atoms with E-state index in [-0.39, 0.29) is 0 Å². The van der Waals surface area contributed by atoms with Crippen molar-refractivity contribution in [1.82, 2.24) is 5.32 Å². The van der Waals surface area contributed by atoms with Crippen molar-refractivity contribution in [2.75, 3.05) is 13.7 Å². The first kappa shape index (κ1) is 12.1. The van der Waals surface area contributed by atoms with Crippen LogP contribution in [0.25, 0.3) is 0 Å². The standard InChI is InChI=1S/C13H21NO/c1-10(2)9-15-13-7-5-12(6-8-13)11(3)14-4/h5-8,10-11,14H,9H2,1-4H3. The third-order valence-electron chi connectivity index (χ3n) is 2.40. The van der Waals surface area contributed by atoms with Crippen molar-refractivity contribution in [1.29, 1.82) is 0 Å². The Kier molecular flexibility index (Phi) is 4.63. The van der Waals surface area contributed by atoms with Crippen LogP contribution in [0.3, 0.4) is 0 Å². The Labute approximate surface area is 92.6 Å². The zero-order valence-electron chi connectivity index (χ0n) is 10.1. The first-order valence-electron chi connectivity index (χ1n) is 5.53. The maximum Gasteiger partial charge on any atom is 0.119 e. The SMILES string of the molecule is CNC(C)c1ccc(OCC(C)C)cc1. The summed E-state index contributed by atoms with van der Waals surface area (Å²) in [6.45, 7) is 7.22. The molecule has 1 unspecified atom stereocenters. The summed E-state index contributed by atoms with van der Waals surface area (Å²) in [7, 11) is 1.97. The van der Waals surface area contributed by atoms with Gasteiger partial charge in [0.25, 0.3) is 0 Å². The average molecular weight is 207 g/mol. The third-order valence-corrected chi connectivity index (χ3v) is 2.40. The molecule has 0 amide bonds. The molecule has 0 aliphatic rings. The van der Waals surface area contributed by atoms with Crippen molar-refractivity contribution in [2.45, 2.75) is 26.8 Å². The maximum absolute atomic E-state index is 5.62. The Morgan fingerprint density at radius 2 is 1.73 bits per heavy atom. The number of rotatable bonds is 5. The molecule has 1 N–H and O–H groups in total. The van der Waals surface area contributed by atoms with Gasteiger partial charge in [0.15, 0.2) is 0 Å². The zero-order chi connectivity index (χ0) is 11.3. The Morgan fingerprint density at radius 3 is 2.20 bits per heavy atom. The summed E-state index contributed by atoms with van der Waals surface area (Å²) in [5, 5.41) is 3.21. The third kappa shape index (κ3) is 3.92.